The van der Waals surface area contributed by atoms with E-state index >= 15 is 0 Å². The van der Waals surface area contributed by atoms with Crippen molar-refractivity contribution in [2.45, 2.75) is 63.5 Å². The first-order valence-electron chi connectivity index (χ1n) is 15.8. The zero-order chi connectivity index (χ0) is 30.1. The van der Waals surface area contributed by atoms with E-state index in [2.05, 4.69) is 46.7 Å². The molecule has 1 atom stereocenters. The standard InChI is InChI=1S/C36H44N4O3.ClH/c1-2-24-40-34(42)32(38-35(43)36(40)21-26-39(27-22-36)25-20-28-11-5-3-6-12-28)15-9-10-23-37-33(41)31-18-16-30(17-19-31)29-13-7-4-8-14-29;/h3-8,11-14,16-19,32H,2,9-10,15,20-27H2,1H3,(H,37,41)(H,38,43);1H/t32-;/m0./s1. The number of carbonyl (C=O) groups is 3. The monoisotopic (exact) mass is 616 g/mol. The third-order valence-corrected chi connectivity index (χ3v) is 8.96. The average molecular weight is 617 g/mol. The van der Waals surface area contributed by atoms with Gasteiger partial charge in [-0.1, -0.05) is 79.7 Å². The number of likely N-dealkylation sites (tertiary alicyclic amines) is 1. The van der Waals surface area contributed by atoms with E-state index in [0.717, 1.165) is 56.4 Å². The number of nitrogens with one attached hydrogen (secondary N) is 2. The quantitative estimate of drug-likeness (QED) is 0.264. The Hall–Kier alpha value is -3.68. The van der Waals surface area contributed by atoms with E-state index in [4.69, 9.17) is 0 Å². The Kier molecular flexibility index (Phi) is 12.0. The lowest BCUT2D eigenvalue weighted by atomic mass is 9.81. The van der Waals surface area contributed by atoms with Gasteiger partial charge in [0.05, 0.1) is 0 Å². The largest absolute Gasteiger partial charge is 0.352 e. The van der Waals surface area contributed by atoms with Gasteiger partial charge < -0.3 is 20.4 Å². The highest BCUT2D eigenvalue weighted by atomic mass is 35.5. The zero-order valence-electron chi connectivity index (χ0n) is 25.7. The van der Waals surface area contributed by atoms with Gasteiger partial charge in [0.2, 0.25) is 11.8 Å². The molecule has 0 bridgehead atoms. The third kappa shape index (κ3) is 7.88. The number of piperazine rings is 1. The van der Waals surface area contributed by atoms with Crippen LogP contribution in [-0.2, 0) is 16.0 Å². The van der Waals surface area contributed by atoms with E-state index in [1.807, 2.05) is 65.6 Å². The molecule has 8 heteroatoms. The SMILES string of the molecule is CCCN1C(=O)[C@H](CCCCNC(=O)c2ccc(-c3ccccc3)cc2)NC(=O)C12CCN(CCc1ccccc1)CC2.Cl. The second-order valence-corrected chi connectivity index (χ2v) is 11.8. The van der Waals surface area contributed by atoms with E-state index in [1.165, 1.54) is 5.56 Å². The Bertz CT molecular complexity index is 1360. The molecule has 0 saturated carbocycles. The fourth-order valence-corrected chi connectivity index (χ4v) is 6.42. The van der Waals surface area contributed by atoms with E-state index in [0.29, 0.717) is 37.9 Å². The van der Waals surface area contributed by atoms with Crippen molar-refractivity contribution in [2.75, 3.05) is 32.7 Å². The molecule has 2 aliphatic rings. The van der Waals surface area contributed by atoms with Gasteiger partial charge in [-0.25, -0.2) is 0 Å². The van der Waals surface area contributed by atoms with Crippen molar-refractivity contribution in [2.24, 2.45) is 0 Å². The minimum atomic E-state index is -0.739. The second kappa shape index (κ2) is 15.9. The predicted octanol–water partition coefficient (Wildman–Crippen LogP) is 5.49. The van der Waals surface area contributed by atoms with Crippen molar-refractivity contribution in [3.63, 3.8) is 0 Å². The molecule has 2 N–H and O–H groups in total. The predicted molar refractivity (Wildman–Crippen MR) is 178 cm³/mol. The molecule has 0 radical (unpaired) electrons. The number of amides is 3. The molecule has 2 fully saturated rings. The number of carbonyl (C=O) groups excluding carboxylic acids is 3. The summed E-state index contributed by atoms with van der Waals surface area (Å²) < 4.78 is 0. The molecule has 0 aliphatic carbocycles. The molecule has 3 amide bonds. The van der Waals surface area contributed by atoms with Crippen LogP contribution in [0.3, 0.4) is 0 Å². The molecule has 3 aromatic carbocycles. The number of hydrogen-bond acceptors (Lipinski definition) is 4. The maximum atomic E-state index is 13.6. The van der Waals surface area contributed by atoms with Gasteiger partial charge in [0.1, 0.15) is 11.6 Å². The summed E-state index contributed by atoms with van der Waals surface area (Å²) in [5.74, 6) is -0.0601. The van der Waals surface area contributed by atoms with Crippen LogP contribution < -0.4 is 10.6 Å². The number of unbranched alkanes of at least 4 members (excludes halogenated alkanes) is 1. The number of piperidine rings is 1. The molecule has 2 saturated heterocycles. The molecule has 44 heavy (non-hydrogen) atoms. The normalized spacial score (nSPS) is 18.0. The van der Waals surface area contributed by atoms with Crippen molar-refractivity contribution in [3.05, 3.63) is 96.1 Å². The molecule has 234 valence electrons. The smallest absolute Gasteiger partial charge is 0.251 e. The van der Waals surface area contributed by atoms with Crippen molar-refractivity contribution < 1.29 is 14.4 Å². The van der Waals surface area contributed by atoms with Crippen molar-refractivity contribution >= 4 is 30.1 Å². The topological polar surface area (TPSA) is 81.8 Å². The molecular formula is C36H45ClN4O3. The van der Waals surface area contributed by atoms with E-state index in [1.54, 1.807) is 0 Å². The summed E-state index contributed by atoms with van der Waals surface area (Å²) in [5.41, 5.74) is 3.40. The average Bonchev–Trinajstić information content (AvgIpc) is 3.06. The first kappa shape index (κ1) is 33.2. The fraction of sp³-hybridized carbons (Fsp3) is 0.417. The second-order valence-electron chi connectivity index (χ2n) is 11.8. The fourth-order valence-electron chi connectivity index (χ4n) is 6.42. The molecular weight excluding hydrogens is 572 g/mol. The summed E-state index contributed by atoms with van der Waals surface area (Å²) in [5, 5.41) is 6.09. The van der Waals surface area contributed by atoms with Gasteiger partial charge in [0, 0.05) is 38.3 Å². The van der Waals surface area contributed by atoms with Gasteiger partial charge in [0.25, 0.3) is 5.91 Å². The van der Waals surface area contributed by atoms with Crippen LogP contribution >= 0.6 is 12.4 Å². The summed E-state index contributed by atoms with van der Waals surface area (Å²) >= 11 is 0. The maximum absolute atomic E-state index is 13.6. The molecule has 0 aromatic heterocycles. The third-order valence-electron chi connectivity index (χ3n) is 8.96. The zero-order valence-corrected chi connectivity index (χ0v) is 26.5. The van der Waals surface area contributed by atoms with Crippen LogP contribution in [0.5, 0.6) is 0 Å². The summed E-state index contributed by atoms with van der Waals surface area (Å²) in [6, 6.07) is 27.7. The number of halogens is 1. The van der Waals surface area contributed by atoms with Gasteiger partial charge in [-0.15, -0.1) is 12.4 Å². The molecule has 2 aliphatic heterocycles. The molecule has 5 rings (SSSR count). The minimum Gasteiger partial charge on any atom is -0.352 e. The molecule has 1 spiro atoms. The highest BCUT2D eigenvalue weighted by Gasteiger charge is 2.52. The molecule has 0 unspecified atom stereocenters. The van der Waals surface area contributed by atoms with Gasteiger partial charge in [0.15, 0.2) is 0 Å². The number of nitrogens with zero attached hydrogens (tertiary/aromatic N) is 2. The number of rotatable bonds is 12. The van der Waals surface area contributed by atoms with Crippen LogP contribution in [0.15, 0.2) is 84.9 Å². The molecule has 2 heterocycles. The Morgan fingerprint density at radius 2 is 1.50 bits per heavy atom. The van der Waals surface area contributed by atoms with Gasteiger partial charge in [-0.3, -0.25) is 14.4 Å². The van der Waals surface area contributed by atoms with Crippen molar-refractivity contribution in [1.29, 1.82) is 0 Å². The molecule has 3 aromatic rings. The summed E-state index contributed by atoms with van der Waals surface area (Å²) in [6.45, 7) is 5.78. The van der Waals surface area contributed by atoms with Gasteiger partial charge in [-0.2, -0.15) is 0 Å². The van der Waals surface area contributed by atoms with Crippen LogP contribution in [0.1, 0.15) is 61.4 Å². The van der Waals surface area contributed by atoms with Crippen LogP contribution in [-0.4, -0.2) is 71.8 Å². The van der Waals surface area contributed by atoms with Gasteiger partial charge >= 0.3 is 0 Å². The highest BCUT2D eigenvalue weighted by molar-refractivity contribution is 6.00. The Morgan fingerprint density at radius 3 is 2.16 bits per heavy atom. The maximum Gasteiger partial charge on any atom is 0.251 e. The van der Waals surface area contributed by atoms with Crippen LogP contribution in [0, 0.1) is 0 Å². The van der Waals surface area contributed by atoms with E-state index in [9.17, 15) is 14.4 Å². The van der Waals surface area contributed by atoms with Crippen LogP contribution in [0.2, 0.25) is 0 Å². The van der Waals surface area contributed by atoms with Crippen LogP contribution in [0.4, 0.5) is 0 Å². The number of hydrogen-bond donors (Lipinski definition) is 2. The first-order chi connectivity index (χ1) is 21.0. The summed E-state index contributed by atoms with van der Waals surface area (Å²) in [4.78, 5) is 44.2. The van der Waals surface area contributed by atoms with Crippen molar-refractivity contribution in [1.82, 2.24) is 20.4 Å². The molecule has 7 nitrogen and oxygen atoms in total. The Labute approximate surface area is 267 Å². The summed E-state index contributed by atoms with van der Waals surface area (Å²) in [6.07, 6.45) is 5.21. The Morgan fingerprint density at radius 1 is 0.864 bits per heavy atom. The lowest BCUT2D eigenvalue weighted by Gasteiger charge is -2.51. The van der Waals surface area contributed by atoms with Crippen LogP contribution in [0.25, 0.3) is 11.1 Å². The van der Waals surface area contributed by atoms with E-state index in [-0.39, 0.29) is 30.1 Å². The summed E-state index contributed by atoms with van der Waals surface area (Å²) in [7, 11) is 0. The lowest BCUT2D eigenvalue weighted by molar-refractivity contribution is -0.161. The minimum absolute atomic E-state index is 0. The number of benzene rings is 3. The van der Waals surface area contributed by atoms with Gasteiger partial charge in [-0.05, 0) is 73.8 Å². The Balaban J connectivity index is 0.00000442. The first-order valence-corrected chi connectivity index (χ1v) is 15.8. The highest BCUT2D eigenvalue weighted by Crippen LogP contribution is 2.34. The van der Waals surface area contributed by atoms with E-state index < -0.39 is 11.6 Å². The van der Waals surface area contributed by atoms with Crippen molar-refractivity contribution in [3.8, 4) is 11.1 Å². The lowest BCUT2D eigenvalue weighted by Crippen LogP contribution is -2.72.